The summed E-state index contributed by atoms with van der Waals surface area (Å²) in [6.45, 7) is 3.59. The lowest BCUT2D eigenvalue weighted by Gasteiger charge is -2.03. The maximum atomic E-state index is 13.2. The molecule has 0 unspecified atom stereocenters. The van der Waals surface area contributed by atoms with Gasteiger partial charge < -0.3 is 10.2 Å². The first-order chi connectivity index (χ1) is 8.49. The quantitative estimate of drug-likeness (QED) is 0.886. The van der Waals surface area contributed by atoms with Crippen molar-refractivity contribution in [2.24, 2.45) is 5.73 Å². The molecule has 0 atom stereocenters. The van der Waals surface area contributed by atoms with Crippen molar-refractivity contribution in [3.8, 4) is 11.5 Å². The summed E-state index contributed by atoms with van der Waals surface area (Å²) in [6.07, 6.45) is 1.89. The third-order valence-electron chi connectivity index (χ3n) is 3.46. The number of benzene rings is 1. The Morgan fingerprint density at radius 3 is 2.67 bits per heavy atom. The zero-order chi connectivity index (χ0) is 12.9. The van der Waals surface area contributed by atoms with Gasteiger partial charge in [0, 0.05) is 5.56 Å². The van der Waals surface area contributed by atoms with Gasteiger partial charge in [0.1, 0.15) is 17.3 Å². The van der Waals surface area contributed by atoms with Gasteiger partial charge in [0.15, 0.2) is 0 Å². The van der Waals surface area contributed by atoms with Crippen molar-refractivity contribution in [2.45, 2.75) is 32.2 Å². The number of aromatic nitrogens is 1. The van der Waals surface area contributed by atoms with Crippen LogP contribution in [0, 0.1) is 19.7 Å². The van der Waals surface area contributed by atoms with Gasteiger partial charge in [-0.2, -0.15) is 0 Å². The molecule has 0 amide bonds. The van der Waals surface area contributed by atoms with Crippen LogP contribution in [0.2, 0.25) is 0 Å². The molecule has 0 spiro atoms. The van der Waals surface area contributed by atoms with Gasteiger partial charge in [-0.25, -0.2) is 9.37 Å². The summed E-state index contributed by atoms with van der Waals surface area (Å²) in [5.41, 5.74) is 8.03. The van der Waals surface area contributed by atoms with Crippen LogP contribution < -0.4 is 5.73 Å². The van der Waals surface area contributed by atoms with Crippen molar-refractivity contribution >= 4 is 0 Å². The highest BCUT2D eigenvalue weighted by atomic mass is 19.1. The monoisotopic (exact) mass is 246 g/mol. The first-order valence-corrected chi connectivity index (χ1v) is 6.03. The van der Waals surface area contributed by atoms with E-state index >= 15 is 0 Å². The number of hydrogen-bond acceptors (Lipinski definition) is 3. The van der Waals surface area contributed by atoms with E-state index in [4.69, 9.17) is 10.2 Å². The van der Waals surface area contributed by atoms with Crippen LogP contribution in [-0.4, -0.2) is 4.98 Å². The van der Waals surface area contributed by atoms with E-state index in [1.807, 2.05) is 6.92 Å². The van der Waals surface area contributed by atoms with E-state index in [-0.39, 0.29) is 11.4 Å². The van der Waals surface area contributed by atoms with Crippen molar-refractivity contribution in [1.82, 2.24) is 4.98 Å². The molecule has 3 nitrogen and oxygen atoms in total. The lowest BCUT2D eigenvalue weighted by atomic mass is 10.1. The molecular weight excluding hydrogens is 231 g/mol. The highest BCUT2D eigenvalue weighted by Crippen LogP contribution is 2.44. The Morgan fingerprint density at radius 2 is 2.06 bits per heavy atom. The number of rotatable bonds is 2. The molecule has 2 N–H and O–H groups in total. The van der Waals surface area contributed by atoms with Crippen LogP contribution in [0.1, 0.15) is 29.9 Å². The molecule has 1 fully saturated rings. The molecular formula is C14H15FN2O. The highest BCUT2D eigenvalue weighted by molar-refractivity contribution is 5.55. The Morgan fingerprint density at radius 1 is 1.33 bits per heavy atom. The molecule has 0 radical (unpaired) electrons. The Hall–Kier alpha value is -1.68. The minimum atomic E-state index is -0.305. The Kier molecular flexibility index (Phi) is 2.32. The van der Waals surface area contributed by atoms with Crippen LogP contribution in [-0.2, 0) is 5.54 Å². The number of nitrogens with zero attached hydrogens (tertiary/aromatic N) is 1. The second-order valence-electron chi connectivity index (χ2n) is 5.04. The molecule has 0 saturated heterocycles. The molecule has 1 aliphatic rings. The molecule has 1 heterocycles. The van der Waals surface area contributed by atoms with E-state index in [1.165, 1.54) is 6.07 Å². The topological polar surface area (TPSA) is 52.0 Å². The number of aryl methyl sites for hydroxylation is 2. The lowest BCUT2D eigenvalue weighted by molar-refractivity contribution is 0.533. The largest absolute Gasteiger partial charge is 0.441 e. The normalized spacial score (nSPS) is 16.9. The van der Waals surface area contributed by atoms with E-state index in [2.05, 4.69) is 4.98 Å². The number of oxazole rings is 1. The second kappa shape index (κ2) is 3.65. The molecule has 94 valence electrons. The van der Waals surface area contributed by atoms with E-state index in [0.29, 0.717) is 11.5 Å². The van der Waals surface area contributed by atoms with Gasteiger partial charge in [0.25, 0.3) is 0 Å². The highest BCUT2D eigenvalue weighted by Gasteiger charge is 2.44. The van der Waals surface area contributed by atoms with E-state index in [1.54, 1.807) is 19.1 Å². The first kappa shape index (κ1) is 11.4. The van der Waals surface area contributed by atoms with Crippen LogP contribution in [0.4, 0.5) is 4.39 Å². The second-order valence-corrected chi connectivity index (χ2v) is 5.04. The predicted octanol–water partition coefficient (Wildman–Crippen LogP) is 3.05. The summed E-state index contributed by atoms with van der Waals surface area (Å²) in [5.74, 6) is 1.05. The summed E-state index contributed by atoms with van der Waals surface area (Å²) in [5, 5.41) is 0. The Bertz CT molecular complexity index is 614. The van der Waals surface area contributed by atoms with Crippen LogP contribution >= 0.6 is 0 Å². The summed E-state index contributed by atoms with van der Waals surface area (Å²) in [6, 6.07) is 4.84. The zero-order valence-electron chi connectivity index (χ0n) is 10.5. The number of halogens is 1. The van der Waals surface area contributed by atoms with Crippen molar-refractivity contribution in [3.05, 3.63) is 41.0 Å². The molecule has 4 heteroatoms. The van der Waals surface area contributed by atoms with Crippen LogP contribution in [0.3, 0.4) is 0 Å². The van der Waals surface area contributed by atoms with Gasteiger partial charge in [0.05, 0.1) is 5.54 Å². The molecule has 3 rings (SSSR count). The zero-order valence-corrected chi connectivity index (χ0v) is 10.5. The van der Waals surface area contributed by atoms with Gasteiger partial charge in [-0.3, -0.25) is 0 Å². The fourth-order valence-electron chi connectivity index (χ4n) is 2.13. The summed E-state index contributed by atoms with van der Waals surface area (Å²) < 4.78 is 18.9. The van der Waals surface area contributed by atoms with Crippen molar-refractivity contribution < 1.29 is 8.81 Å². The smallest absolute Gasteiger partial charge is 0.226 e. The third kappa shape index (κ3) is 1.73. The minimum absolute atomic E-state index is 0.222. The summed E-state index contributed by atoms with van der Waals surface area (Å²) >= 11 is 0. The van der Waals surface area contributed by atoms with Gasteiger partial charge in [0.2, 0.25) is 5.89 Å². The molecule has 0 aliphatic heterocycles. The molecule has 1 aromatic carbocycles. The average molecular weight is 246 g/mol. The molecule has 1 aromatic heterocycles. The van der Waals surface area contributed by atoms with E-state index < -0.39 is 0 Å². The number of hydrogen-bond donors (Lipinski definition) is 1. The van der Waals surface area contributed by atoms with Crippen LogP contribution in [0.15, 0.2) is 22.6 Å². The molecule has 0 bridgehead atoms. The molecule has 18 heavy (non-hydrogen) atoms. The van der Waals surface area contributed by atoms with Crippen molar-refractivity contribution in [3.63, 3.8) is 0 Å². The molecule has 2 aromatic rings. The van der Waals surface area contributed by atoms with Crippen molar-refractivity contribution in [1.29, 1.82) is 0 Å². The van der Waals surface area contributed by atoms with E-state index in [9.17, 15) is 4.39 Å². The Labute approximate surface area is 105 Å². The van der Waals surface area contributed by atoms with E-state index in [0.717, 1.165) is 29.9 Å². The first-order valence-electron chi connectivity index (χ1n) is 6.03. The molecule has 1 aliphatic carbocycles. The average Bonchev–Trinajstić information content (AvgIpc) is 2.94. The number of nitrogens with two attached hydrogens (primary N) is 1. The van der Waals surface area contributed by atoms with Crippen LogP contribution in [0.5, 0.6) is 0 Å². The summed E-state index contributed by atoms with van der Waals surface area (Å²) in [7, 11) is 0. The Balaban J connectivity index is 2.04. The third-order valence-corrected chi connectivity index (χ3v) is 3.46. The SMILES string of the molecule is Cc1cc(-c2nc(C3(N)CC3)c(C)o2)ccc1F. The van der Waals surface area contributed by atoms with Gasteiger partial charge in [-0.15, -0.1) is 0 Å². The maximum absolute atomic E-state index is 13.2. The predicted molar refractivity (Wildman–Crippen MR) is 66.5 cm³/mol. The van der Waals surface area contributed by atoms with Crippen molar-refractivity contribution in [2.75, 3.05) is 0 Å². The fourth-order valence-corrected chi connectivity index (χ4v) is 2.13. The lowest BCUT2D eigenvalue weighted by Crippen LogP contribution is -2.20. The van der Waals surface area contributed by atoms with Gasteiger partial charge in [-0.05, 0) is 50.5 Å². The summed E-state index contributed by atoms with van der Waals surface area (Å²) in [4.78, 5) is 4.47. The van der Waals surface area contributed by atoms with Gasteiger partial charge >= 0.3 is 0 Å². The maximum Gasteiger partial charge on any atom is 0.226 e. The standard InChI is InChI=1S/C14H15FN2O/c1-8-7-10(3-4-11(8)15)13-17-12(9(2)18-13)14(16)5-6-14/h3-4,7H,5-6,16H2,1-2H3. The van der Waals surface area contributed by atoms with Crippen LogP contribution in [0.25, 0.3) is 11.5 Å². The fraction of sp³-hybridized carbons (Fsp3) is 0.357. The minimum Gasteiger partial charge on any atom is -0.441 e. The molecule has 1 saturated carbocycles. The van der Waals surface area contributed by atoms with Gasteiger partial charge in [-0.1, -0.05) is 0 Å².